The van der Waals surface area contributed by atoms with Crippen LogP contribution in [-0.2, 0) is 9.59 Å². The summed E-state index contributed by atoms with van der Waals surface area (Å²) in [5, 5.41) is 3.96. The van der Waals surface area contributed by atoms with Gasteiger partial charge in [0.2, 0.25) is 5.91 Å². The van der Waals surface area contributed by atoms with E-state index in [1.165, 1.54) is 0 Å². The molecule has 1 aromatic carbocycles. The molecular weight excluding hydrogens is 478 g/mol. The zero-order chi connectivity index (χ0) is 20.9. The van der Waals surface area contributed by atoms with Gasteiger partial charge in [-0.25, -0.2) is 0 Å². The highest BCUT2D eigenvalue weighted by Gasteiger charge is 2.28. The fraction of sp³-hybridized carbons (Fsp3) is 0.0833. The molecule has 0 bridgehead atoms. The molecule has 0 atom stereocenters. The highest BCUT2D eigenvalue weighted by atomic mass is 79.9. The van der Waals surface area contributed by atoms with E-state index >= 15 is 0 Å². The summed E-state index contributed by atoms with van der Waals surface area (Å²) < 4.78 is 0.961. The van der Waals surface area contributed by atoms with Crippen molar-refractivity contribution in [2.75, 3.05) is 13.1 Å². The van der Waals surface area contributed by atoms with Crippen LogP contribution in [0.3, 0.4) is 0 Å². The summed E-state index contributed by atoms with van der Waals surface area (Å²) in [6, 6.07) is 15.6. The van der Waals surface area contributed by atoms with E-state index in [9.17, 15) is 9.59 Å². The first-order valence-corrected chi connectivity index (χ1v) is 11.9. The van der Waals surface area contributed by atoms with Crippen molar-refractivity contribution in [1.29, 1.82) is 0 Å². The Morgan fingerprint density at radius 1 is 0.933 bits per heavy atom. The summed E-state index contributed by atoms with van der Waals surface area (Å²) in [4.78, 5) is 29.7. The van der Waals surface area contributed by atoms with E-state index in [1.807, 2.05) is 71.4 Å². The fourth-order valence-electron chi connectivity index (χ4n) is 3.17. The van der Waals surface area contributed by atoms with Crippen LogP contribution < -0.4 is 0 Å². The van der Waals surface area contributed by atoms with Gasteiger partial charge >= 0.3 is 0 Å². The lowest BCUT2D eigenvalue weighted by atomic mass is 9.96. The first-order valence-electron chi connectivity index (χ1n) is 9.34. The summed E-state index contributed by atoms with van der Waals surface area (Å²) in [6.07, 6.45) is 7.16. The van der Waals surface area contributed by atoms with Crippen molar-refractivity contribution in [3.8, 4) is 0 Å². The van der Waals surface area contributed by atoms with Gasteiger partial charge in [0.25, 0.3) is 0 Å². The van der Waals surface area contributed by atoms with Gasteiger partial charge < -0.3 is 4.90 Å². The topological polar surface area (TPSA) is 37.4 Å². The van der Waals surface area contributed by atoms with Crippen LogP contribution >= 0.6 is 38.6 Å². The molecule has 0 spiro atoms. The smallest absolute Gasteiger partial charge is 0.247 e. The molecule has 0 aliphatic carbocycles. The number of ketones is 1. The molecule has 30 heavy (non-hydrogen) atoms. The minimum Gasteiger partial charge on any atom is -0.330 e. The number of thiophene rings is 2. The van der Waals surface area contributed by atoms with Gasteiger partial charge in [-0.3, -0.25) is 9.59 Å². The number of carbonyl (C=O) groups is 2. The Morgan fingerprint density at radius 2 is 1.57 bits per heavy atom. The first-order chi connectivity index (χ1) is 14.6. The molecule has 2 aromatic heterocycles. The monoisotopic (exact) mass is 495 g/mol. The Kier molecular flexibility index (Phi) is 6.57. The number of hydrogen-bond donors (Lipinski definition) is 0. The van der Waals surface area contributed by atoms with Gasteiger partial charge in [0.15, 0.2) is 5.78 Å². The van der Waals surface area contributed by atoms with Crippen LogP contribution in [-0.4, -0.2) is 29.7 Å². The maximum absolute atomic E-state index is 13.1. The van der Waals surface area contributed by atoms with Gasteiger partial charge in [0, 0.05) is 31.4 Å². The van der Waals surface area contributed by atoms with Crippen LogP contribution in [0.15, 0.2) is 81.0 Å². The van der Waals surface area contributed by atoms with E-state index in [2.05, 4.69) is 15.9 Å². The quantitative estimate of drug-likeness (QED) is 0.406. The lowest BCUT2D eigenvalue weighted by Gasteiger charge is -2.29. The lowest BCUT2D eigenvalue weighted by Crippen LogP contribution is -2.40. The number of carbonyl (C=O) groups excluding carboxylic acids is 2. The third-order valence-electron chi connectivity index (χ3n) is 4.60. The highest BCUT2D eigenvalue weighted by Crippen LogP contribution is 2.25. The summed E-state index contributed by atoms with van der Waals surface area (Å²) in [5.41, 5.74) is 2.21. The molecule has 1 fully saturated rings. The van der Waals surface area contributed by atoms with Crippen molar-refractivity contribution in [2.24, 2.45) is 0 Å². The number of likely N-dealkylation sites (tertiary alicyclic amines) is 1. The molecule has 150 valence electrons. The molecule has 0 N–H and O–H groups in total. The third-order valence-corrected chi connectivity index (χ3v) is 6.74. The number of halogens is 1. The van der Waals surface area contributed by atoms with Crippen molar-refractivity contribution in [2.45, 2.75) is 0 Å². The average Bonchev–Trinajstić information content (AvgIpc) is 3.43. The van der Waals surface area contributed by atoms with E-state index in [4.69, 9.17) is 0 Å². The summed E-state index contributed by atoms with van der Waals surface area (Å²) in [7, 11) is 0. The summed E-state index contributed by atoms with van der Waals surface area (Å²) >= 11 is 6.60. The zero-order valence-corrected chi connectivity index (χ0v) is 19.2. The zero-order valence-electron chi connectivity index (χ0n) is 16.0. The second-order valence-corrected chi connectivity index (χ2v) is 9.66. The minimum atomic E-state index is -0.114. The molecule has 3 aromatic rings. The van der Waals surface area contributed by atoms with Gasteiger partial charge in [-0.15, -0.1) is 22.7 Å². The molecular formula is C24H18BrNO2S2. The maximum atomic E-state index is 13.1. The Hall–Kier alpha value is -2.54. The van der Waals surface area contributed by atoms with Gasteiger partial charge in [-0.2, -0.15) is 0 Å². The predicted octanol–water partition coefficient (Wildman–Crippen LogP) is 6.16. The number of hydrogen-bond acceptors (Lipinski definition) is 4. The largest absolute Gasteiger partial charge is 0.330 e. The SMILES string of the molecule is O=C1/C(=C/c2cccs2)CN(C(=O)/C=C/c2cccc(Br)c2)C/C1=C\c1cccs1. The van der Waals surface area contributed by atoms with Gasteiger partial charge in [0.05, 0.1) is 13.1 Å². The normalized spacial score (nSPS) is 17.4. The molecule has 1 saturated heterocycles. The van der Waals surface area contributed by atoms with Crippen molar-refractivity contribution in [3.63, 3.8) is 0 Å². The fourth-order valence-corrected chi connectivity index (χ4v) is 4.95. The highest BCUT2D eigenvalue weighted by molar-refractivity contribution is 9.10. The summed E-state index contributed by atoms with van der Waals surface area (Å²) in [6.45, 7) is 0.611. The lowest BCUT2D eigenvalue weighted by molar-refractivity contribution is -0.126. The van der Waals surface area contributed by atoms with E-state index < -0.39 is 0 Å². The maximum Gasteiger partial charge on any atom is 0.247 e. The second-order valence-electron chi connectivity index (χ2n) is 6.78. The number of amides is 1. The number of rotatable bonds is 4. The van der Waals surface area contributed by atoms with Crippen LogP contribution in [0, 0.1) is 0 Å². The van der Waals surface area contributed by atoms with Crippen LogP contribution in [0.5, 0.6) is 0 Å². The molecule has 3 nitrogen and oxygen atoms in total. The predicted molar refractivity (Wildman–Crippen MR) is 129 cm³/mol. The van der Waals surface area contributed by atoms with Crippen LogP contribution in [0.4, 0.5) is 0 Å². The van der Waals surface area contributed by atoms with E-state index in [0.29, 0.717) is 24.2 Å². The van der Waals surface area contributed by atoms with Gasteiger partial charge in [-0.1, -0.05) is 40.2 Å². The van der Waals surface area contributed by atoms with Gasteiger partial charge in [0.1, 0.15) is 0 Å². The van der Waals surface area contributed by atoms with E-state index in [-0.39, 0.29) is 11.7 Å². The van der Waals surface area contributed by atoms with Crippen molar-refractivity contribution < 1.29 is 9.59 Å². The van der Waals surface area contributed by atoms with Gasteiger partial charge in [-0.05, 0) is 58.8 Å². The van der Waals surface area contributed by atoms with E-state index in [1.54, 1.807) is 39.7 Å². The van der Waals surface area contributed by atoms with Crippen molar-refractivity contribution in [3.05, 3.63) is 96.3 Å². The standard InChI is InChI=1S/C24H18BrNO2S2/c25-20-5-1-4-17(12-20)8-9-23(27)26-15-18(13-21-6-2-10-29-21)24(28)19(16-26)14-22-7-3-11-30-22/h1-14H,15-16H2/b9-8+,18-13+,19-14+. The first kappa shape index (κ1) is 20.7. The summed E-state index contributed by atoms with van der Waals surface area (Å²) in [5.74, 6) is -0.103. The molecule has 0 unspecified atom stereocenters. The Balaban J connectivity index is 1.61. The average molecular weight is 496 g/mol. The van der Waals surface area contributed by atoms with Crippen molar-refractivity contribution >= 4 is 68.5 Å². The Bertz CT molecular complexity index is 1090. The molecule has 0 saturated carbocycles. The number of Topliss-reactive ketones (excluding diaryl/α,β-unsaturated/α-hetero) is 1. The molecule has 6 heteroatoms. The number of piperidine rings is 1. The molecule has 4 rings (SSSR count). The Morgan fingerprint density at radius 3 is 2.10 bits per heavy atom. The molecule has 1 aliphatic rings. The second kappa shape index (κ2) is 9.51. The van der Waals surface area contributed by atoms with Crippen LogP contribution in [0.1, 0.15) is 15.3 Å². The molecule has 1 aliphatic heterocycles. The molecule has 3 heterocycles. The minimum absolute atomic E-state index is 0.0109. The number of benzene rings is 1. The van der Waals surface area contributed by atoms with E-state index in [0.717, 1.165) is 19.8 Å². The molecule has 1 amide bonds. The third kappa shape index (κ3) is 5.14. The van der Waals surface area contributed by atoms with Crippen molar-refractivity contribution in [1.82, 2.24) is 4.90 Å². The van der Waals surface area contributed by atoms with Crippen LogP contribution in [0.2, 0.25) is 0 Å². The molecule has 0 radical (unpaired) electrons. The Labute approximate surface area is 191 Å². The van der Waals surface area contributed by atoms with Crippen LogP contribution in [0.25, 0.3) is 18.2 Å². The number of nitrogens with zero attached hydrogens (tertiary/aromatic N) is 1.